The first-order valence-electron chi connectivity index (χ1n) is 16.7. The summed E-state index contributed by atoms with van der Waals surface area (Å²) in [6.07, 6.45) is 9.04. The maximum atomic E-state index is 13.9. The van der Waals surface area contributed by atoms with Crippen molar-refractivity contribution in [2.75, 3.05) is 25.0 Å². The van der Waals surface area contributed by atoms with E-state index in [0.717, 1.165) is 64.6 Å². The number of aromatic nitrogens is 2. The monoisotopic (exact) mass is 660 g/mol. The maximum absolute atomic E-state index is 13.9. The Kier molecular flexibility index (Phi) is 10.5. The Bertz CT molecular complexity index is 1850. The van der Waals surface area contributed by atoms with Crippen LogP contribution in [0.4, 0.5) is 10.5 Å². The number of rotatable bonds is 12. The summed E-state index contributed by atoms with van der Waals surface area (Å²) in [5, 5.41) is 15.7. The van der Waals surface area contributed by atoms with E-state index in [1.807, 2.05) is 60.7 Å². The highest BCUT2D eigenvalue weighted by Crippen LogP contribution is 2.33. The van der Waals surface area contributed by atoms with Crippen LogP contribution in [0.3, 0.4) is 0 Å². The van der Waals surface area contributed by atoms with Crippen molar-refractivity contribution in [3.8, 4) is 0 Å². The van der Waals surface area contributed by atoms with E-state index in [1.54, 1.807) is 28.5 Å². The van der Waals surface area contributed by atoms with Crippen LogP contribution in [-0.2, 0) is 27.5 Å². The largest absolute Gasteiger partial charge is 0.355 e. The van der Waals surface area contributed by atoms with Crippen molar-refractivity contribution in [3.63, 3.8) is 0 Å². The number of hydrogen-bond acceptors (Lipinski definition) is 7. The Morgan fingerprint density at radius 2 is 1.69 bits per heavy atom. The smallest absolute Gasteiger partial charge is 0.322 e. The number of fused-ring (bicyclic) bond motifs is 2. The van der Waals surface area contributed by atoms with Gasteiger partial charge in [0, 0.05) is 69.2 Å². The molecule has 252 valence electrons. The number of hydrazone groups is 1. The van der Waals surface area contributed by atoms with Crippen molar-refractivity contribution in [3.05, 3.63) is 102 Å². The second kappa shape index (κ2) is 15.5. The third-order valence-electron chi connectivity index (χ3n) is 8.85. The first kappa shape index (κ1) is 33.3. The molecule has 0 saturated heterocycles. The highest BCUT2D eigenvalue weighted by Gasteiger charge is 2.33. The summed E-state index contributed by atoms with van der Waals surface area (Å²) < 4.78 is 0. The Morgan fingerprint density at radius 3 is 2.51 bits per heavy atom. The average Bonchev–Trinajstić information content (AvgIpc) is 3.56. The molecule has 3 N–H and O–H groups in total. The van der Waals surface area contributed by atoms with Crippen LogP contribution in [0.5, 0.6) is 0 Å². The molecular formula is C37H40N8O4. The molecule has 49 heavy (non-hydrogen) atoms. The van der Waals surface area contributed by atoms with E-state index < -0.39 is 5.92 Å². The number of pyridine rings is 2. The van der Waals surface area contributed by atoms with Crippen LogP contribution in [0.2, 0.25) is 0 Å². The molecule has 2 aromatic carbocycles. The van der Waals surface area contributed by atoms with Gasteiger partial charge in [0.05, 0.1) is 23.7 Å². The van der Waals surface area contributed by atoms with Gasteiger partial charge in [-0.15, -0.1) is 0 Å². The standard InChI is InChI=1S/C37H40N8O4/c1-25(46)41-22-35(47)40-16-4-2-3-5-19-45-36(48)32(30-8-6-10-33-31(30)9-7-17-39-33)20-34(43-45)26-11-13-29(14-12-26)42-37(49)44-23-27-15-18-38-21-28(27)24-44/h6-15,17-18,21,32H,2-5,16,19-20,22-24H2,1H3,(H,40,47)(H,41,46)(H,42,49). The zero-order valence-corrected chi connectivity index (χ0v) is 27.5. The van der Waals surface area contributed by atoms with Gasteiger partial charge in [0.25, 0.3) is 5.91 Å². The van der Waals surface area contributed by atoms with Gasteiger partial charge in [0.2, 0.25) is 11.8 Å². The summed E-state index contributed by atoms with van der Waals surface area (Å²) >= 11 is 0. The van der Waals surface area contributed by atoms with Gasteiger partial charge < -0.3 is 20.9 Å². The highest BCUT2D eigenvalue weighted by atomic mass is 16.2. The molecule has 0 aliphatic carbocycles. The fraction of sp³-hybridized carbons (Fsp3) is 0.324. The molecule has 2 aliphatic rings. The first-order chi connectivity index (χ1) is 23.9. The van der Waals surface area contributed by atoms with Crippen LogP contribution in [-0.4, -0.2) is 69.0 Å². The van der Waals surface area contributed by atoms with Crippen LogP contribution in [0.15, 0.2) is 84.4 Å². The number of nitrogens with one attached hydrogen (secondary N) is 3. The summed E-state index contributed by atoms with van der Waals surface area (Å²) in [5.41, 5.74) is 6.29. The van der Waals surface area contributed by atoms with Crippen molar-refractivity contribution >= 4 is 46.1 Å². The molecule has 1 atom stereocenters. The predicted octanol–water partition coefficient (Wildman–Crippen LogP) is 4.71. The molecule has 0 fully saturated rings. The molecule has 0 radical (unpaired) electrons. The van der Waals surface area contributed by atoms with Gasteiger partial charge in [0.15, 0.2) is 0 Å². The number of urea groups is 1. The van der Waals surface area contributed by atoms with E-state index in [-0.39, 0.29) is 30.3 Å². The molecule has 6 rings (SSSR count). The fourth-order valence-corrected chi connectivity index (χ4v) is 6.25. The predicted molar refractivity (Wildman–Crippen MR) is 186 cm³/mol. The molecule has 12 nitrogen and oxygen atoms in total. The molecule has 12 heteroatoms. The van der Waals surface area contributed by atoms with E-state index in [1.165, 1.54) is 6.92 Å². The summed E-state index contributed by atoms with van der Waals surface area (Å²) in [6.45, 7) is 3.42. The summed E-state index contributed by atoms with van der Waals surface area (Å²) in [7, 11) is 0. The lowest BCUT2D eigenvalue weighted by molar-refractivity contribution is -0.133. The molecule has 5 amide bonds. The van der Waals surface area contributed by atoms with Gasteiger partial charge in [-0.3, -0.25) is 24.4 Å². The lowest BCUT2D eigenvalue weighted by atomic mass is 9.86. The highest BCUT2D eigenvalue weighted by molar-refractivity contribution is 6.07. The lowest BCUT2D eigenvalue weighted by Crippen LogP contribution is -2.38. The van der Waals surface area contributed by atoms with Crippen molar-refractivity contribution in [2.45, 2.75) is 58.0 Å². The van der Waals surface area contributed by atoms with Gasteiger partial charge in [0.1, 0.15) is 0 Å². The third-order valence-corrected chi connectivity index (χ3v) is 8.85. The van der Waals surface area contributed by atoms with Crippen LogP contribution >= 0.6 is 0 Å². The van der Waals surface area contributed by atoms with Crippen LogP contribution in [0, 0.1) is 0 Å². The molecule has 2 aromatic heterocycles. The molecule has 0 spiro atoms. The molecule has 2 aliphatic heterocycles. The van der Waals surface area contributed by atoms with E-state index in [2.05, 4.69) is 25.9 Å². The minimum Gasteiger partial charge on any atom is -0.355 e. The second-order valence-electron chi connectivity index (χ2n) is 12.4. The molecule has 0 saturated carbocycles. The maximum Gasteiger partial charge on any atom is 0.322 e. The number of anilines is 1. The van der Waals surface area contributed by atoms with Gasteiger partial charge in [-0.2, -0.15) is 5.10 Å². The van der Waals surface area contributed by atoms with E-state index in [9.17, 15) is 19.2 Å². The molecule has 4 heterocycles. The Morgan fingerprint density at radius 1 is 0.878 bits per heavy atom. The molecular weight excluding hydrogens is 620 g/mol. The van der Waals surface area contributed by atoms with Crippen molar-refractivity contribution < 1.29 is 19.2 Å². The number of hydrogen-bond donors (Lipinski definition) is 3. The van der Waals surface area contributed by atoms with Crippen LogP contribution in [0.1, 0.15) is 67.2 Å². The Labute approximate surface area is 285 Å². The topological polar surface area (TPSA) is 149 Å². The van der Waals surface area contributed by atoms with Gasteiger partial charge in [-0.1, -0.05) is 43.2 Å². The number of benzene rings is 2. The quantitative estimate of drug-likeness (QED) is 0.188. The van der Waals surface area contributed by atoms with Crippen LogP contribution in [0.25, 0.3) is 10.9 Å². The van der Waals surface area contributed by atoms with Gasteiger partial charge in [-0.05, 0) is 65.4 Å². The Balaban J connectivity index is 1.11. The summed E-state index contributed by atoms with van der Waals surface area (Å²) in [4.78, 5) is 60.2. The first-order valence-corrected chi connectivity index (χ1v) is 16.7. The SMILES string of the molecule is CC(=O)NCC(=O)NCCCCCCN1N=C(c2ccc(NC(=O)N3Cc4ccncc4C3)cc2)CC(c2cccc3ncccc23)C1=O. The van der Waals surface area contributed by atoms with E-state index >= 15 is 0 Å². The molecule has 1 unspecified atom stereocenters. The third kappa shape index (κ3) is 8.26. The van der Waals surface area contributed by atoms with Crippen molar-refractivity contribution in [1.29, 1.82) is 0 Å². The number of carbonyl (C=O) groups is 4. The van der Waals surface area contributed by atoms with Crippen molar-refractivity contribution in [1.82, 2.24) is 30.5 Å². The zero-order valence-electron chi connectivity index (χ0n) is 27.5. The van der Waals surface area contributed by atoms with E-state index in [0.29, 0.717) is 38.3 Å². The number of amides is 5. The van der Waals surface area contributed by atoms with Gasteiger partial charge >= 0.3 is 6.03 Å². The molecule has 4 aromatic rings. The summed E-state index contributed by atoms with van der Waals surface area (Å²) in [6, 6.07) is 19.2. The number of nitrogens with zero attached hydrogens (tertiary/aromatic N) is 5. The molecule has 0 bridgehead atoms. The average molecular weight is 661 g/mol. The number of unbranched alkanes of at least 4 members (excludes halogenated alkanes) is 3. The second-order valence-corrected chi connectivity index (χ2v) is 12.4. The Hall–Kier alpha value is -5.65. The fourth-order valence-electron chi connectivity index (χ4n) is 6.25. The van der Waals surface area contributed by atoms with Crippen molar-refractivity contribution in [2.24, 2.45) is 5.10 Å². The normalized spacial score (nSPS) is 15.5. The zero-order chi connectivity index (χ0) is 34.2. The van der Waals surface area contributed by atoms with Crippen LogP contribution < -0.4 is 16.0 Å². The van der Waals surface area contributed by atoms with Gasteiger partial charge in [-0.25, -0.2) is 9.80 Å². The minimum atomic E-state index is -0.426. The summed E-state index contributed by atoms with van der Waals surface area (Å²) in [5.74, 6) is -0.923. The lowest BCUT2D eigenvalue weighted by Gasteiger charge is -2.30. The minimum absolute atomic E-state index is 0.0238. The van der Waals surface area contributed by atoms with E-state index in [4.69, 9.17) is 5.10 Å². The number of carbonyl (C=O) groups excluding carboxylic acids is 4.